The van der Waals surface area contributed by atoms with Crippen LogP contribution in [-0.4, -0.2) is 34.0 Å². The van der Waals surface area contributed by atoms with Crippen molar-refractivity contribution in [3.05, 3.63) is 83.8 Å². The van der Waals surface area contributed by atoms with Gasteiger partial charge >= 0.3 is 0 Å². The van der Waals surface area contributed by atoms with E-state index in [0.29, 0.717) is 31.9 Å². The number of furan rings is 1. The van der Waals surface area contributed by atoms with Crippen LogP contribution in [0.4, 0.5) is 5.69 Å². The molecule has 0 saturated carbocycles. The zero-order valence-electron chi connectivity index (χ0n) is 19.0. The van der Waals surface area contributed by atoms with Gasteiger partial charge in [-0.3, -0.25) is 9.10 Å². The van der Waals surface area contributed by atoms with E-state index in [4.69, 9.17) is 9.15 Å². The van der Waals surface area contributed by atoms with E-state index in [2.05, 4.69) is 5.32 Å². The van der Waals surface area contributed by atoms with E-state index >= 15 is 0 Å². The number of aryl methyl sites for hydroxylation is 2. The first-order valence-corrected chi connectivity index (χ1v) is 12.3. The molecule has 1 N–H and O–H groups in total. The molecule has 0 radical (unpaired) electrons. The molecule has 176 valence electrons. The van der Waals surface area contributed by atoms with E-state index in [9.17, 15) is 13.2 Å². The van der Waals surface area contributed by atoms with Gasteiger partial charge in [-0.05, 0) is 56.7 Å². The Hall–Kier alpha value is -3.10. The van der Waals surface area contributed by atoms with Crippen LogP contribution >= 0.6 is 0 Å². The molecule has 2 aromatic carbocycles. The summed E-state index contributed by atoms with van der Waals surface area (Å²) in [7, 11) is -3.81. The second kappa shape index (κ2) is 11.7. The summed E-state index contributed by atoms with van der Waals surface area (Å²) in [5, 5.41) is 2.83. The lowest BCUT2D eigenvalue weighted by Crippen LogP contribution is -2.35. The number of nitrogens with zero attached hydrogens (tertiary/aromatic N) is 1. The molecule has 8 heteroatoms. The zero-order chi connectivity index (χ0) is 23.7. The highest BCUT2D eigenvalue weighted by molar-refractivity contribution is 7.92. The van der Waals surface area contributed by atoms with Gasteiger partial charge in [0, 0.05) is 26.1 Å². The van der Waals surface area contributed by atoms with Crippen molar-refractivity contribution < 1.29 is 22.4 Å². The summed E-state index contributed by atoms with van der Waals surface area (Å²) in [6.07, 6.45) is 2.29. The van der Waals surface area contributed by atoms with E-state index in [0.717, 1.165) is 16.9 Å². The molecule has 0 spiro atoms. The summed E-state index contributed by atoms with van der Waals surface area (Å²) in [6, 6.07) is 17.6. The molecule has 0 aliphatic rings. The van der Waals surface area contributed by atoms with E-state index < -0.39 is 10.0 Å². The Morgan fingerprint density at radius 1 is 1.00 bits per heavy atom. The minimum atomic E-state index is -3.81. The first-order valence-electron chi connectivity index (χ1n) is 10.9. The minimum absolute atomic E-state index is 0.0418. The van der Waals surface area contributed by atoms with Crippen molar-refractivity contribution in [2.75, 3.05) is 24.0 Å². The van der Waals surface area contributed by atoms with E-state index in [1.165, 1.54) is 4.31 Å². The van der Waals surface area contributed by atoms with Crippen LogP contribution in [0.15, 0.2) is 76.2 Å². The highest BCUT2D eigenvalue weighted by Gasteiger charge is 2.25. The lowest BCUT2D eigenvalue weighted by Gasteiger charge is -2.24. The Balaban J connectivity index is 1.55. The maximum Gasteiger partial charge on any atom is 0.264 e. The van der Waals surface area contributed by atoms with Gasteiger partial charge < -0.3 is 14.5 Å². The summed E-state index contributed by atoms with van der Waals surface area (Å²) >= 11 is 0. The average molecular weight is 471 g/mol. The Bertz CT molecular complexity index is 1110. The monoisotopic (exact) mass is 470 g/mol. The maximum absolute atomic E-state index is 13.3. The molecule has 1 heterocycles. The lowest BCUT2D eigenvalue weighted by molar-refractivity contribution is -0.120. The number of carbonyl (C=O) groups is 1. The number of benzene rings is 2. The molecule has 0 aliphatic carbocycles. The Kier molecular flexibility index (Phi) is 8.68. The van der Waals surface area contributed by atoms with Crippen molar-refractivity contribution in [3.8, 4) is 0 Å². The number of nitrogens with one attached hydrogen (secondary N) is 1. The Labute approximate surface area is 195 Å². The van der Waals surface area contributed by atoms with Crippen LogP contribution in [0.5, 0.6) is 0 Å². The van der Waals surface area contributed by atoms with Crippen LogP contribution < -0.4 is 9.62 Å². The molecule has 33 heavy (non-hydrogen) atoms. The van der Waals surface area contributed by atoms with E-state index in [-0.39, 0.29) is 23.8 Å². The molecule has 0 unspecified atom stereocenters. The summed E-state index contributed by atoms with van der Waals surface area (Å²) in [5.41, 5.74) is 2.53. The van der Waals surface area contributed by atoms with Gasteiger partial charge in [-0.15, -0.1) is 0 Å². The van der Waals surface area contributed by atoms with Crippen molar-refractivity contribution in [3.63, 3.8) is 0 Å². The van der Waals surface area contributed by atoms with Gasteiger partial charge in [-0.2, -0.15) is 0 Å². The van der Waals surface area contributed by atoms with Crippen LogP contribution in [0.2, 0.25) is 0 Å². The van der Waals surface area contributed by atoms with Crippen LogP contribution in [0.3, 0.4) is 0 Å². The standard InChI is InChI=1S/C25H30N2O5S/c1-20-6-10-22(11-7-20)27(33(29,30)24-12-8-21(2)9-13-24)16-14-25(28)26-15-4-17-31-19-23-5-3-18-32-23/h3,5-13,18H,4,14-17,19H2,1-2H3,(H,26,28). The molecular weight excluding hydrogens is 440 g/mol. The first kappa shape index (κ1) is 24.5. The van der Waals surface area contributed by atoms with Gasteiger partial charge in [0.15, 0.2) is 0 Å². The van der Waals surface area contributed by atoms with Crippen LogP contribution in [0.25, 0.3) is 0 Å². The fourth-order valence-electron chi connectivity index (χ4n) is 3.20. The molecule has 1 aromatic heterocycles. The number of carbonyl (C=O) groups excluding carboxylic acids is 1. The lowest BCUT2D eigenvalue weighted by atomic mass is 10.2. The summed E-state index contributed by atoms with van der Waals surface area (Å²) < 4.78 is 38.7. The van der Waals surface area contributed by atoms with Crippen molar-refractivity contribution in [1.29, 1.82) is 0 Å². The Morgan fingerprint density at radius 2 is 1.67 bits per heavy atom. The van der Waals surface area contributed by atoms with Crippen LogP contribution in [0.1, 0.15) is 29.7 Å². The summed E-state index contributed by atoms with van der Waals surface area (Å²) in [4.78, 5) is 12.6. The number of sulfonamides is 1. The Morgan fingerprint density at radius 3 is 2.30 bits per heavy atom. The van der Waals surface area contributed by atoms with Crippen molar-refractivity contribution in [1.82, 2.24) is 5.32 Å². The van der Waals surface area contributed by atoms with Gasteiger partial charge in [0.2, 0.25) is 5.91 Å². The number of hydrogen-bond acceptors (Lipinski definition) is 5. The fraction of sp³-hybridized carbons (Fsp3) is 0.320. The number of amides is 1. The molecule has 1 amide bonds. The van der Waals surface area contributed by atoms with Gasteiger partial charge in [0.05, 0.1) is 16.8 Å². The van der Waals surface area contributed by atoms with Crippen molar-refractivity contribution >= 4 is 21.6 Å². The third-order valence-electron chi connectivity index (χ3n) is 5.08. The predicted molar refractivity (Wildman–Crippen MR) is 127 cm³/mol. The predicted octanol–water partition coefficient (Wildman–Crippen LogP) is 4.20. The van der Waals surface area contributed by atoms with Gasteiger partial charge in [-0.25, -0.2) is 8.42 Å². The molecular formula is C25H30N2O5S. The summed E-state index contributed by atoms with van der Waals surface area (Å²) in [5.74, 6) is 0.544. The molecule has 0 saturated heterocycles. The van der Waals surface area contributed by atoms with E-state index in [1.54, 1.807) is 48.7 Å². The molecule has 0 fully saturated rings. The third-order valence-corrected chi connectivity index (χ3v) is 6.93. The second-order valence-corrected chi connectivity index (χ2v) is 9.67. The molecule has 7 nitrogen and oxygen atoms in total. The molecule has 0 atom stereocenters. The maximum atomic E-state index is 13.3. The molecule has 0 aliphatic heterocycles. The highest BCUT2D eigenvalue weighted by Crippen LogP contribution is 2.24. The molecule has 0 bridgehead atoms. The number of hydrogen-bond donors (Lipinski definition) is 1. The average Bonchev–Trinajstić information content (AvgIpc) is 3.31. The second-order valence-electron chi connectivity index (χ2n) is 7.81. The summed E-state index contributed by atoms with van der Waals surface area (Å²) in [6.45, 7) is 5.21. The highest BCUT2D eigenvalue weighted by atomic mass is 32.2. The smallest absolute Gasteiger partial charge is 0.264 e. The SMILES string of the molecule is Cc1ccc(N(CCC(=O)NCCCOCc2ccco2)S(=O)(=O)c2ccc(C)cc2)cc1. The largest absolute Gasteiger partial charge is 0.467 e. The fourth-order valence-corrected chi connectivity index (χ4v) is 4.66. The zero-order valence-corrected chi connectivity index (χ0v) is 19.8. The van der Waals surface area contributed by atoms with Gasteiger partial charge in [0.25, 0.3) is 10.0 Å². The first-order chi connectivity index (χ1) is 15.9. The van der Waals surface area contributed by atoms with Crippen LogP contribution in [0, 0.1) is 13.8 Å². The third kappa shape index (κ3) is 7.20. The van der Waals surface area contributed by atoms with Crippen LogP contribution in [-0.2, 0) is 26.2 Å². The van der Waals surface area contributed by atoms with Crippen molar-refractivity contribution in [2.45, 2.75) is 38.2 Å². The minimum Gasteiger partial charge on any atom is -0.467 e. The normalized spacial score (nSPS) is 11.3. The van der Waals surface area contributed by atoms with Crippen molar-refractivity contribution in [2.24, 2.45) is 0 Å². The number of ether oxygens (including phenoxy) is 1. The van der Waals surface area contributed by atoms with Gasteiger partial charge in [0.1, 0.15) is 12.4 Å². The molecule has 3 aromatic rings. The number of anilines is 1. The quantitative estimate of drug-likeness (QED) is 0.401. The number of rotatable bonds is 12. The molecule has 3 rings (SSSR count). The van der Waals surface area contributed by atoms with Gasteiger partial charge in [-0.1, -0.05) is 35.4 Å². The topological polar surface area (TPSA) is 88.8 Å². The van der Waals surface area contributed by atoms with E-state index in [1.807, 2.05) is 32.0 Å².